The molecule has 1 amide bonds. The van der Waals surface area contributed by atoms with Gasteiger partial charge in [-0.2, -0.15) is 5.10 Å². The van der Waals surface area contributed by atoms with Gasteiger partial charge in [0, 0.05) is 24.7 Å². The fourth-order valence-electron chi connectivity index (χ4n) is 2.36. The minimum Gasteiger partial charge on any atom is -0.481 e. The lowest BCUT2D eigenvalue weighted by atomic mass is 10.1. The van der Waals surface area contributed by atoms with Crippen LogP contribution >= 0.6 is 0 Å². The van der Waals surface area contributed by atoms with E-state index < -0.39 is 11.9 Å². The Morgan fingerprint density at radius 2 is 2.17 bits per heavy atom. The van der Waals surface area contributed by atoms with Gasteiger partial charge >= 0.3 is 5.97 Å². The zero-order valence-electron chi connectivity index (χ0n) is 9.93. The van der Waals surface area contributed by atoms with Crippen LogP contribution < -0.4 is 0 Å². The second-order valence-electron chi connectivity index (χ2n) is 5.06. The quantitative estimate of drug-likeness (QED) is 0.830. The molecule has 18 heavy (non-hydrogen) atoms. The first-order chi connectivity index (χ1) is 8.65. The van der Waals surface area contributed by atoms with Gasteiger partial charge in [0.2, 0.25) is 0 Å². The molecule has 1 aromatic heterocycles. The summed E-state index contributed by atoms with van der Waals surface area (Å²) in [6.45, 7) is 0.793. The number of likely N-dealkylation sites (tertiary alicyclic amines) is 1. The number of carboxylic acid groups (broad SMARTS) is 1. The van der Waals surface area contributed by atoms with Gasteiger partial charge in [-0.1, -0.05) is 0 Å². The van der Waals surface area contributed by atoms with E-state index in [4.69, 9.17) is 5.11 Å². The highest BCUT2D eigenvalue weighted by atomic mass is 16.4. The summed E-state index contributed by atoms with van der Waals surface area (Å²) in [5.74, 6) is -0.895. The van der Waals surface area contributed by atoms with Crippen LogP contribution in [0.15, 0.2) is 6.07 Å². The number of nitrogens with zero attached hydrogens (tertiary/aromatic N) is 2. The molecule has 0 radical (unpaired) electrons. The van der Waals surface area contributed by atoms with Crippen LogP contribution in [0, 0.1) is 5.92 Å². The Kier molecular flexibility index (Phi) is 2.57. The van der Waals surface area contributed by atoms with Gasteiger partial charge < -0.3 is 10.0 Å². The third kappa shape index (κ3) is 1.98. The Morgan fingerprint density at radius 3 is 2.78 bits per heavy atom. The number of nitrogens with one attached hydrogen (secondary N) is 1. The molecular formula is C12H15N3O3. The number of H-pyrrole nitrogens is 1. The van der Waals surface area contributed by atoms with Crippen LogP contribution in [0.2, 0.25) is 0 Å². The van der Waals surface area contributed by atoms with Crippen molar-refractivity contribution in [3.05, 3.63) is 17.5 Å². The minimum absolute atomic E-state index is 0.165. The molecule has 2 heterocycles. The lowest BCUT2D eigenvalue weighted by Crippen LogP contribution is -2.30. The van der Waals surface area contributed by atoms with Crippen molar-refractivity contribution in [2.75, 3.05) is 13.1 Å². The van der Waals surface area contributed by atoms with E-state index >= 15 is 0 Å². The normalized spacial score (nSPS) is 23.3. The molecule has 2 fully saturated rings. The zero-order valence-corrected chi connectivity index (χ0v) is 9.93. The van der Waals surface area contributed by atoms with Crippen molar-refractivity contribution >= 4 is 11.9 Å². The molecule has 0 aromatic carbocycles. The van der Waals surface area contributed by atoms with Crippen molar-refractivity contribution in [2.45, 2.75) is 25.2 Å². The maximum absolute atomic E-state index is 12.1. The van der Waals surface area contributed by atoms with Gasteiger partial charge in [0.1, 0.15) is 5.69 Å². The number of hydrogen-bond donors (Lipinski definition) is 2. The van der Waals surface area contributed by atoms with E-state index in [-0.39, 0.29) is 5.91 Å². The fraction of sp³-hybridized carbons (Fsp3) is 0.583. The van der Waals surface area contributed by atoms with Crippen molar-refractivity contribution in [1.82, 2.24) is 15.1 Å². The Bertz CT molecular complexity index is 493. The van der Waals surface area contributed by atoms with Crippen LogP contribution in [-0.4, -0.2) is 45.2 Å². The smallest absolute Gasteiger partial charge is 0.308 e. The average Bonchev–Trinajstić information content (AvgIpc) is 2.92. The number of aliphatic carboxylic acids is 1. The van der Waals surface area contributed by atoms with Crippen molar-refractivity contribution in [1.29, 1.82) is 0 Å². The molecule has 6 nitrogen and oxygen atoms in total. The Balaban J connectivity index is 1.68. The van der Waals surface area contributed by atoms with Gasteiger partial charge in [-0.25, -0.2) is 0 Å². The summed E-state index contributed by atoms with van der Waals surface area (Å²) < 4.78 is 0. The number of aromatic amines is 1. The van der Waals surface area contributed by atoms with Gasteiger partial charge in [-0.05, 0) is 25.3 Å². The van der Waals surface area contributed by atoms with E-state index in [0.29, 0.717) is 31.1 Å². The third-order valence-corrected chi connectivity index (χ3v) is 3.66. The third-order valence-electron chi connectivity index (χ3n) is 3.66. The molecular weight excluding hydrogens is 234 g/mol. The van der Waals surface area contributed by atoms with Crippen LogP contribution in [0.3, 0.4) is 0 Å². The number of rotatable bonds is 3. The summed E-state index contributed by atoms with van der Waals surface area (Å²) in [6.07, 6.45) is 2.84. The molecule has 3 rings (SSSR count). The van der Waals surface area contributed by atoms with E-state index in [2.05, 4.69) is 10.2 Å². The molecule has 0 bridgehead atoms. The van der Waals surface area contributed by atoms with Gasteiger partial charge in [-0.15, -0.1) is 0 Å². The van der Waals surface area contributed by atoms with Crippen LogP contribution in [0.5, 0.6) is 0 Å². The van der Waals surface area contributed by atoms with Crippen molar-refractivity contribution in [3.8, 4) is 0 Å². The Morgan fingerprint density at radius 1 is 1.39 bits per heavy atom. The first kappa shape index (κ1) is 11.3. The van der Waals surface area contributed by atoms with Crippen molar-refractivity contribution in [3.63, 3.8) is 0 Å². The molecule has 2 N–H and O–H groups in total. The maximum atomic E-state index is 12.1. The zero-order chi connectivity index (χ0) is 12.7. The highest BCUT2D eigenvalue weighted by Crippen LogP contribution is 2.39. The Labute approximate surface area is 104 Å². The molecule has 1 saturated heterocycles. The largest absolute Gasteiger partial charge is 0.481 e. The summed E-state index contributed by atoms with van der Waals surface area (Å²) in [4.78, 5) is 24.5. The number of hydrogen-bond acceptors (Lipinski definition) is 3. The number of aromatic nitrogens is 2. The van der Waals surface area contributed by atoms with Crippen LogP contribution in [0.25, 0.3) is 0 Å². The molecule has 0 spiro atoms. The van der Waals surface area contributed by atoms with E-state index in [9.17, 15) is 9.59 Å². The molecule has 2 aliphatic rings. The standard InChI is InChI=1S/C12H15N3O3/c16-11(15-4-3-8(6-15)12(17)18)10-5-9(13-14-10)7-1-2-7/h5,7-8H,1-4,6H2,(H,13,14)(H,17,18). The molecule has 96 valence electrons. The highest BCUT2D eigenvalue weighted by Gasteiger charge is 2.33. The summed E-state index contributed by atoms with van der Waals surface area (Å²) in [5.41, 5.74) is 1.43. The van der Waals surface area contributed by atoms with Gasteiger partial charge in [0.05, 0.1) is 5.92 Å². The van der Waals surface area contributed by atoms with Crippen molar-refractivity contribution < 1.29 is 14.7 Å². The molecule has 1 aliphatic carbocycles. The minimum atomic E-state index is -0.828. The lowest BCUT2D eigenvalue weighted by molar-refractivity contribution is -0.141. The maximum Gasteiger partial charge on any atom is 0.308 e. The molecule has 1 atom stereocenters. The lowest BCUT2D eigenvalue weighted by Gasteiger charge is -2.13. The van der Waals surface area contributed by atoms with Gasteiger partial charge in [-0.3, -0.25) is 14.7 Å². The number of amides is 1. The predicted molar refractivity (Wildman–Crippen MR) is 62.2 cm³/mol. The number of carbonyl (C=O) groups excluding carboxylic acids is 1. The van der Waals surface area contributed by atoms with Crippen molar-refractivity contribution in [2.24, 2.45) is 5.92 Å². The molecule has 1 aliphatic heterocycles. The van der Waals surface area contributed by atoms with E-state index in [0.717, 1.165) is 18.5 Å². The van der Waals surface area contributed by atoms with E-state index in [1.54, 1.807) is 11.0 Å². The fourth-order valence-corrected chi connectivity index (χ4v) is 2.36. The molecule has 1 unspecified atom stereocenters. The summed E-state index contributed by atoms with van der Waals surface area (Å²) in [7, 11) is 0. The summed E-state index contributed by atoms with van der Waals surface area (Å²) in [5, 5.41) is 15.8. The van der Waals surface area contributed by atoms with Crippen LogP contribution in [0.4, 0.5) is 0 Å². The van der Waals surface area contributed by atoms with Crippen LogP contribution in [-0.2, 0) is 4.79 Å². The van der Waals surface area contributed by atoms with Crippen LogP contribution in [0.1, 0.15) is 41.4 Å². The first-order valence-electron chi connectivity index (χ1n) is 6.22. The molecule has 1 aromatic rings. The monoisotopic (exact) mass is 249 g/mol. The summed E-state index contributed by atoms with van der Waals surface area (Å²) >= 11 is 0. The second-order valence-corrected chi connectivity index (χ2v) is 5.06. The second kappa shape index (κ2) is 4.12. The predicted octanol–water partition coefficient (Wildman–Crippen LogP) is 0.834. The molecule has 1 saturated carbocycles. The topological polar surface area (TPSA) is 86.3 Å². The van der Waals surface area contributed by atoms with E-state index in [1.165, 1.54) is 0 Å². The van der Waals surface area contributed by atoms with Gasteiger partial charge in [0.25, 0.3) is 5.91 Å². The molecule has 6 heteroatoms. The highest BCUT2D eigenvalue weighted by molar-refractivity contribution is 5.93. The number of carboxylic acids is 1. The number of carbonyl (C=O) groups is 2. The average molecular weight is 249 g/mol. The summed E-state index contributed by atoms with van der Waals surface area (Å²) in [6, 6.07) is 1.80. The Hall–Kier alpha value is -1.85. The SMILES string of the molecule is O=C(O)C1CCN(C(=O)c2cc(C3CC3)[nH]n2)C1. The van der Waals surface area contributed by atoms with E-state index in [1.807, 2.05) is 0 Å². The van der Waals surface area contributed by atoms with Gasteiger partial charge in [0.15, 0.2) is 0 Å². The first-order valence-corrected chi connectivity index (χ1v) is 6.22.